The minimum Gasteiger partial charge on any atom is -0.319 e. The second-order valence-electron chi connectivity index (χ2n) is 23.7. The third kappa shape index (κ3) is 6.87. The first kappa shape index (κ1) is 49.3. The normalized spacial score (nSPS) is 13.0. The van der Waals surface area contributed by atoms with Gasteiger partial charge in [-0.2, -0.15) is 5.26 Å². The standard InChI is InChI=1S/C80H47B2N7/c1-84-67-33-19-32-62-60-30-15-17-35-69(60)88(79(62)67)58-39-41-64-73(47-58)86(56-27-12-5-13-28-56)75-48-74-76-80-77(75)82(64)66-45-53(51-22-8-3-9-23-51)37-43-71(66)89(80)70-42-36-52(50-20-6-2-7-21-50)44-65(70)81(76)63-40-38-57(46-72(63)85(74)55-25-10-4-11-26-55)87-68-34-16-14-29-59(68)61-31-18-24-54(49-83)78(61)87/h2-48H. The predicted molar refractivity (Wildman–Crippen MR) is 370 cm³/mol. The second-order valence-corrected chi connectivity index (χ2v) is 23.7. The van der Waals surface area contributed by atoms with Gasteiger partial charge in [-0.05, 0) is 145 Å². The SMILES string of the molecule is [C-]#[N+]c1cccc2c3ccccc3n(-c3ccc4c(c3)N(c3ccccc3)c3cc5c6c7c3B4c3cc(-c4ccccc4)ccc3N7c3ccc(-c4ccccc4)cc3B6c3ccc(-n4c6ccccc6c6cccc(C#N)c64)cc3N5c3ccccc3)c12. The molecule has 408 valence electrons. The van der Waals surface area contributed by atoms with Crippen LogP contribution in [0.25, 0.3) is 82.1 Å². The molecule has 0 radical (unpaired) electrons. The molecule has 89 heavy (non-hydrogen) atoms. The van der Waals surface area contributed by atoms with E-state index in [9.17, 15) is 5.26 Å². The molecule has 0 saturated carbocycles. The Bertz CT molecular complexity index is 5280. The molecule has 0 N–H and O–H groups in total. The summed E-state index contributed by atoms with van der Waals surface area (Å²) in [7, 11) is 0. The lowest BCUT2D eigenvalue weighted by molar-refractivity contribution is 1.16. The van der Waals surface area contributed by atoms with Crippen molar-refractivity contribution in [2.45, 2.75) is 0 Å². The van der Waals surface area contributed by atoms with Crippen LogP contribution in [0.1, 0.15) is 5.56 Å². The fraction of sp³-hybridized carbons (Fsp3) is 0. The Morgan fingerprint density at radius 2 is 0.775 bits per heavy atom. The van der Waals surface area contributed by atoms with Gasteiger partial charge in [-0.15, -0.1) is 0 Å². The zero-order chi connectivity index (χ0) is 58.6. The summed E-state index contributed by atoms with van der Waals surface area (Å²) in [5.74, 6) is 0. The van der Waals surface area contributed by atoms with Crippen molar-refractivity contribution < 1.29 is 0 Å². The smallest absolute Gasteiger partial charge is 0.252 e. The van der Waals surface area contributed by atoms with Gasteiger partial charge in [-0.25, -0.2) is 4.85 Å². The Morgan fingerprint density at radius 3 is 1.28 bits per heavy atom. The Balaban J connectivity index is 0.955. The van der Waals surface area contributed by atoms with Crippen molar-refractivity contribution >= 4 is 147 Å². The summed E-state index contributed by atoms with van der Waals surface area (Å²) in [6.07, 6.45) is 0. The molecule has 0 saturated heterocycles. The topological polar surface area (TPSA) is 47.7 Å². The van der Waals surface area contributed by atoms with Gasteiger partial charge < -0.3 is 23.8 Å². The zero-order valence-electron chi connectivity index (χ0n) is 47.9. The average molecular weight is 1130 g/mol. The van der Waals surface area contributed by atoms with Gasteiger partial charge in [-0.1, -0.05) is 200 Å². The van der Waals surface area contributed by atoms with Crippen molar-refractivity contribution in [3.63, 3.8) is 0 Å². The third-order valence-electron chi connectivity index (χ3n) is 19.3. The maximum absolute atomic E-state index is 10.8. The van der Waals surface area contributed by atoms with Gasteiger partial charge in [-0.3, -0.25) is 0 Å². The van der Waals surface area contributed by atoms with E-state index in [4.69, 9.17) is 6.57 Å². The number of nitriles is 1. The van der Waals surface area contributed by atoms with E-state index in [-0.39, 0.29) is 13.4 Å². The van der Waals surface area contributed by atoms with E-state index in [2.05, 4.69) is 296 Å². The lowest BCUT2D eigenvalue weighted by atomic mass is 9.28. The number of nitrogens with zero attached hydrogens (tertiary/aromatic N) is 7. The molecule has 4 aliphatic rings. The highest BCUT2D eigenvalue weighted by Gasteiger charge is 2.52. The summed E-state index contributed by atoms with van der Waals surface area (Å²) in [4.78, 5) is 11.8. The summed E-state index contributed by atoms with van der Waals surface area (Å²) < 4.78 is 4.61. The Labute approximate surface area is 514 Å². The molecule has 9 heteroatoms. The summed E-state index contributed by atoms with van der Waals surface area (Å²) in [6.45, 7) is 8.10. The van der Waals surface area contributed by atoms with Gasteiger partial charge in [0.15, 0.2) is 0 Å². The van der Waals surface area contributed by atoms with Gasteiger partial charge in [0.2, 0.25) is 5.69 Å². The highest BCUT2D eigenvalue weighted by Crippen LogP contribution is 2.52. The quantitative estimate of drug-likeness (QED) is 0.123. The molecule has 4 aliphatic heterocycles. The Hall–Kier alpha value is -12.0. The van der Waals surface area contributed by atoms with Crippen molar-refractivity contribution in [3.8, 4) is 39.7 Å². The number of anilines is 9. The first-order valence-electron chi connectivity index (χ1n) is 30.3. The minimum atomic E-state index is -0.205. The van der Waals surface area contributed by atoms with Crippen LogP contribution in [0, 0.1) is 17.9 Å². The number of rotatable bonds is 6. The van der Waals surface area contributed by atoms with Crippen LogP contribution in [0.15, 0.2) is 285 Å². The number of para-hydroxylation sites is 6. The molecule has 0 fully saturated rings. The van der Waals surface area contributed by atoms with Crippen molar-refractivity contribution in [3.05, 3.63) is 302 Å². The summed E-state index contributed by atoms with van der Waals surface area (Å²) in [5.41, 5.74) is 29.0. The van der Waals surface area contributed by atoms with Crippen LogP contribution in [0.2, 0.25) is 0 Å². The van der Waals surface area contributed by atoms with Crippen molar-refractivity contribution in [1.82, 2.24) is 9.13 Å². The van der Waals surface area contributed by atoms with Crippen LogP contribution in [0.5, 0.6) is 0 Å². The van der Waals surface area contributed by atoms with E-state index >= 15 is 0 Å². The fourth-order valence-electron chi connectivity index (χ4n) is 15.7. The molecule has 7 nitrogen and oxygen atoms in total. The molecule has 0 bridgehead atoms. The van der Waals surface area contributed by atoms with Gasteiger partial charge >= 0.3 is 0 Å². The number of fused-ring (bicyclic) bond motifs is 16. The molecule has 0 amide bonds. The molecule has 15 aromatic rings. The van der Waals surface area contributed by atoms with Crippen LogP contribution in [0.3, 0.4) is 0 Å². The average Bonchev–Trinajstić information content (AvgIpc) is 1.26. The number of benzene rings is 13. The van der Waals surface area contributed by atoms with Crippen LogP contribution in [-0.4, -0.2) is 22.6 Å². The number of hydrogen-bond acceptors (Lipinski definition) is 4. The van der Waals surface area contributed by atoms with E-state index in [1.54, 1.807) is 0 Å². The third-order valence-corrected chi connectivity index (χ3v) is 19.3. The highest BCUT2D eigenvalue weighted by molar-refractivity contribution is 7.05. The largest absolute Gasteiger partial charge is 0.319 e. The van der Waals surface area contributed by atoms with E-state index in [1.165, 1.54) is 38.5 Å². The first-order valence-corrected chi connectivity index (χ1v) is 30.3. The van der Waals surface area contributed by atoms with E-state index in [0.717, 1.165) is 123 Å². The molecule has 0 aliphatic carbocycles. The van der Waals surface area contributed by atoms with E-state index in [0.29, 0.717) is 11.3 Å². The van der Waals surface area contributed by atoms with Gasteiger partial charge in [0.25, 0.3) is 13.4 Å². The molecule has 0 atom stereocenters. The zero-order valence-corrected chi connectivity index (χ0v) is 47.9. The fourth-order valence-corrected chi connectivity index (χ4v) is 15.7. The van der Waals surface area contributed by atoms with Crippen LogP contribution in [0.4, 0.5) is 56.9 Å². The number of hydrogen-bond donors (Lipinski definition) is 0. The summed E-state index contributed by atoms with van der Waals surface area (Å²) in [5, 5.41) is 15.1. The highest BCUT2D eigenvalue weighted by atomic mass is 15.2. The maximum atomic E-state index is 10.8. The molecule has 0 spiro atoms. The monoisotopic (exact) mass is 1130 g/mol. The first-order chi connectivity index (χ1) is 44.1. The maximum Gasteiger partial charge on any atom is 0.252 e. The van der Waals surface area contributed by atoms with Gasteiger partial charge in [0.05, 0.1) is 34.2 Å². The van der Waals surface area contributed by atoms with Crippen LogP contribution < -0.4 is 47.5 Å². The van der Waals surface area contributed by atoms with Crippen molar-refractivity contribution in [2.24, 2.45) is 0 Å². The molecule has 19 rings (SSSR count). The summed E-state index contributed by atoms with van der Waals surface area (Å²) in [6, 6.07) is 106. The second kappa shape index (κ2) is 18.7. The lowest BCUT2D eigenvalue weighted by Gasteiger charge is -2.51. The van der Waals surface area contributed by atoms with Crippen LogP contribution in [-0.2, 0) is 0 Å². The molecule has 13 aromatic carbocycles. The van der Waals surface area contributed by atoms with Crippen molar-refractivity contribution in [1.29, 1.82) is 5.26 Å². The van der Waals surface area contributed by atoms with E-state index < -0.39 is 0 Å². The van der Waals surface area contributed by atoms with Crippen LogP contribution >= 0.6 is 0 Å². The predicted octanol–water partition coefficient (Wildman–Crippen LogP) is 16.3. The lowest BCUT2D eigenvalue weighted by Crippen LogP contribution is -2.68. The molecular weight excluding hydrogens is 1080 g/mol. The van der Waals surface area contributed by atoms with Crippen molar-refractivity contribution in [2.75, 3.05) is 14.7 Å². The molecular formula is C80H47B2N7. The molecule has 6 heterocycles. The Morgan fingerprint density at radius 1 is 0.326 bits per heavy atom. The minimum absolute atomic E-state index is 0.203. The molecule has 0 unspecified atom stereocenters. The summed E-state index contributed by atoms with van der Waals surface area (Å²) >= 11 is 0. The van der Waals surface area contributed by atoms with Gasteiger partial charge in [0.1, 0.15) is 6.07 Å². The van der Waals surface area contributed by atoms with E-state index in [1.807, 2.05) is 24.3 Å². The number of aromatic nitrogens is 2. The molecule has 2 aromatic heterocycles. The Kier molecular flexibility index (Phi) is 10.4. The van der Waals surface area contributed by atoms with Gasteiger partial charge in [0, 0.05) is 78.7 Å².